The number of benzene rings is 3. The zero-order valence-electron chi connectivity index (χ0n) is 17.6. The molecule has 0 aliphatic carbocycles. The second kappa shape index (κ2) is 9.61. The monoisotopic (exact) mass is 461 g/mol. The van der Waals surface area contributed by atoms with E-state index >= 15 is 0 Å². The molecular weight excluding hydrogens is 442 g/mol. The molecular formula is C23H19N5O4S. The predicted octanol–water partition coefficient (Wildman–Crippen LogP) is 5.41. The van der Waals surface area contributed by atoms with E-state index in [2.05, 4.69) is 10.2 Å². The molecule has 0 radical (unpaired) electrons. The van der Waals surface area contributed by atoms with Crippen LogP contribution in [0.2, 0.25) is 0 Å². The molecule has 0 saturated carbocycles. The minimum atomic E-state index is -0.630. The third-order valence-corrected chi connectivity index (χ3v) is 6.00. The number of hydrogen-bond donors (Lipinski definition) is 0. The molecule has 4 rings (SSSR count). The molecule has 0 unspecified atom stereocenters. The molecule has 0 aliphatic heterocycles. The van der Waals surface area contributed by atoms with Gasteiger partial charge in [-0.1, -0.05) is 71.9 Å². The van der Waals surface area contributed by atoms with Gasteiger partial charge in [0.15, 0.2) is 11.0 Å². The van der Waals surface area contributed by atoms with Crippen LogP contribution in [0.1, 0.15) is 16.7 Å². The first-order valence-electron chi connectivity index (χ1n) is 10.0. The van der Waals surface area contributed by atoms with Gasteiger partial charge >= 0.3 is 0 Å². The van der Waals surface area contributed by atoms with Crippen molar-refractivity contribution >= 4 is 23.1 Å². The lowest BCUT2D eigenvalue weighted by atomic mass is 10.1. The maximum absolute atomic E-state index is 11.2. The van der Waals surface area contributed by atoms with Crippen LogP contribution < -0.4 is 0 Å². The summed E-state index contributed by atoms with van der Waals surface area (Å²) < 4.78 is 1.98. The Morgan fingerprint density at radius 2 is 1.48 bits per heavy atom. The quantitative estimate of drug-likeness (QED) is 0.196. The van der Waals surface area contributed by atoms with Crippen molar-refractivity contribution in [2.45, 2.75) is 24.4 Å². The van der Waals surface area contributed by atoms with Crippen molar-refractivity contribution in [3.63, 3.8) is 0 Å². The summed E-state index contributed by atoms with van der Waals surface area (Å²) in [6, 6.07) is 21.5. The van der Waals surface area contributed by atoms with Crippen LogP contribution in [0.5, 0.6) is 0 Å². The molecule has 4 aromatic rings. The maximum atomic E-state index is 11.2. The van der Waals surface area contributed by atoms with Gasteiger partial charge in [-0.05, 0) is 18.1 Å². The number of nitrogens with zero attached hydrogens (tertiary/aromatic N) is 5. The number of thioether (sulfide) groups is 1. The van der Waals surface area contributed by atoms with Gasteiger partial charge in [0, 0.05) is 23.4 Å². The van der Waals surface area contributed by atoms with Gasteiger partial charge in [-0.15, -0.1) is 10.2 Å². The molecule has 10 heteroatoms. The molecule has 0 saturated heterocycles. The fourth-order valence-electron chi connectivity index (χ4n) is 3.32. The normalized spacial score (nSPS) is 10.8. The molecule has 0 spiro atoms. The Balaban J connectivity index is 1.67. The van der Waals surface area contributed by atoms with Gasteiger partial charge in [0.05, 0.1) is 22.5 Å². The van der Waals surface area contributed by atoms with E-state index in [1.54, 1.807) is 0 Å². The fourth-order valence-corrected chi connectivity index (χ4v) is 4.19. The van der Waals surface area contributed by atoms with Gasteiger partial charge in [-0.3, -0.25) is 24.8 Å². The summed E-state index contributed by atoms with van der Waals surface area (Å²) in [4.78, 5) is 21.1. The summed E-state index contributed by atoms with van der Waals surface area (Å²) in [6.45, 7) is 2.55. The molecule has 1 heterocycles. The first-order valence-corrected chi connectivity index (χ1v) is 11.0. The summed E-state index contributed by atoms with van der Waals surface area (Å²) in [5.41, 5.74) is 2.96. The van der Waals surface area contributed by atoms with E-state index in [0.29, 0.717) is 23.1 Å². The lowest BCUT2D eigenvalue weighted by Crippen LogP contribution is -2.04. The second-order valence-electron chi connectivity index (χ2n) is 7.40. The Morgan fingerprint density at radius 3 is 2.09 bits per heavy atom. The Kier molecular flexibility index (Phi) is 6.45. The van der Waals surface area contributed by atoms with Crippen molar-refractivity contribution in [1.29, 1.82) is 0 Å². The van der Waals surface area contributed by atoms with E-state index in [1.165, 1.54) is 23.9 Å². The minimum absolute atomic E-state index is 0.267. The number of nitro groups is 2. The molecule has 0 aliphatic rings. The third kappa shape index (κ3) is 5.24. The van der Waals surface area contributed by atoms with Gasteiger partial charge in [0.25, 0.3) is 11.4 Å². The molecule has 0 amide bonds. The lowest BCUT2D eigenvalue weighted by molar-refractivity contribution is -0.394. The van der Waals surface area contributed by atoms with E-state index in [0.717, 1.165) is 22.8 Å². The van der Waals surface area contributed by atoms with Crippen LogP contribution >= 0.6 is 11.8 Å². The molecule has 166 valence electrons. The number of hydrogen-bond acceptors (Lipinski definition) is 7. The summed E-state index contributed by atoms with van der Waals surface area (Å²) in [7, 11) is 0. The van der Waals surface area contributed by atoms with Gasteiger partial charge in [0.2, 0.25) is 0 Å². The predicted molar refractivity (Wildman–Crippen MR) is 125 cm³/mol. The second-order valence-corrected chi connectivity index (χ2v) is 8.35. The highest BCUT2D eigenvalue weighted by Crippen LogP contribution is 2.30. The minimum Gasteiger partial charge on any atom is -0.298 e. The topological polar surface area (TPSA) is 117 Å². The van der Waals surface area contributed by atoms with E-state index in [1.807, 2.05) is 66.1 Å². The van der Waals surface area contributed by atoms with Gasteiger partial charge in [0.1, 0.15) is 0 Å². The average molecular weight is 462 g/mol. The fraction of sp³-hybridized carbons (Fsp3) is 0.130. The molecule has 0 fully saturated rings. The number of non-ortho nitro benzene ring substituents is 2. The van der Waals surface area contributed by atoms with Gasteiger partial charge < -0.3 is 0 Å². The SMILES string of the molecule is Cc1ccc(-c2nnc(SCc3cc([N+](=O)[O-])cc([N+](=O)[O-])c3)n2Cc2ccccc2)cc1. The molecule has 1 aromatic heterocycles. The van der Waals surface area contributed by atoms with Crippen molar-refractivity contribution in [3.05, 3.63) is 110 Å². The highest BCUT2D eigenvalue weighted by Gasteiger charge is 2.19. The highest BCUT2D eigenvalue weighted by atomic mass is 32.2. The van der Waals surface area contributed by atoms with Crippen molar-refractivity contribution in [1.82, 2.24) is 14.8 Å². The number of aromatic nitrogens is 3. The maximum Gasteiger partial charge on any atom is 0.276 e. The Labute approximate surface area is 193 Å². The van der Waals surface area contributed by atoms with Crippen molar-refractivity contribution in [2.75, 3.05) is 0 Å². The van der Waals surface area contributed by atoms with Crippen LogP contribution in [0.25, 0.3) is 11.4 Å². The smallest absolute Gasteiger partial charge is 0.276 e. The summed E-state index contributed by atoms with van der Waals surface area (Å²) in [5.74, 6) is 0.968. The van der Waals surface area contributed by atoms with E-state index < -0.39 is 9.85 Å². The number of nitro benzene ring substituents is 2. The summed E-state index contributed by atoms with van der Waals surface area (Å²) in [5, 5.41) is 31.7. The van der Waals surface area contributed by atoms with E-state index in [4.69, 9.17) is 0 Å². The summed E-state index contributed by atoms with van der Waals surface area (Å²) in [6.07, 6.45) is 0. The first kappa shape index (κ1) is 22.2. The molecule has 0 bridgehead atoms. The Morgan fingerprint density at radius 1 is 0.848 bits per heavy atom. The number of rotatable bonds is 8. The van der Waals surface area contributed by atoms with E-state index in [9.17, 15) is 20.2 Å². The van der Waals surface area contributed by atoms with E-state index in [-0.39, 0.29) is 17.1 Å². The van der Waals surface area contributed by atoms with Crippen molar-refractivity contribution in [2.24, 2.45) is 0 Å². The first-order chi connectivity index (χ1) is 15.9. The highest BCUT2D eigenvalue weighted by molar-refractivity contribution is 7.98. The summed E-state index contributed by atoms with van der Waals surface area (Å²) >= 11 is 1.32. The van der Waals surface area contributed by atoms with Gasteiger partial charge in [-0.25, -0.2) is 0 Å². The van der Waals surface area contributed by atoms with Crippen LogP contribution in [0, 0.1) is 27.2 Å². The zero-order chi connectivity index (χ0) is 23.4. The van der Waals surface area contributed by atoms with Gasteiger partial charge in [-0.2, -0.15) is 0 Å². The van der Waals surface area contributed by atoms with Crippen LogP contribution in [0.3, 0.4) is 0 Å². The zero-order valence-corrected chi connectivity index (χ0v) is 18.4. The Bertz CT molecular complexity index is 1270. The third-order valence-electron chi connectivity index (χ3n) is 4.96. The molecule has 9 nitrogen and oxygen atoms in total. The van der Waals surface area contributed by atoms with Crippen LogP contribution in [0.4, 0.5) is 11.4 Å². The largest absolute Gasteiger partial charge is 0.298 e. The molecule has 0 N–H and O–H groups in total. The average Bonchev–Trinajstić information content (AvgIpc) is 3.21. The molecule has 3 aromatic carbocycles. The lowest BCUT2D eigenvalue weighted by Gasteiger charge is -2.11. The van der Waals surface area contributed by atoms with Crippen LogP contribution in [-0.4, -0.2) is 24.6 Å². The number of aryl methyl sites for hydroxylation is 1. The Hall–Kier alpha value is -4.05. The van der Waals surface area contributed by atoms with Crippen LogP contribution in [-0.2, 0) is 12.3 Å². The standard InChI is InChI=1S/C23H19N5O4S/c1-16-7-9-19(10-8-16)22-24-25-23(26(22)14-17-5-3-2-4-6-17)33-15-18-11-20(27(29)30)13-21(12-18)28(31)32/h2-13H,14-15H2,1H3. The molecule has 0 atom stereocenters. The van der Waals surface area contributed by atoms with Crippen LogP contribution in [0.15, 0.2) is 78.0 Å². The molecule has 33 heavy (non-hydrogen) atoms. The van der Waals surface area contributed by atoms with Crippen molar-refractivity contribution in [3.8, 4) is 11.4 Å². The van der Waals surface area contributed by atoms with Crippen molar-refractivity contribution < 1.29 is 9.85 Å².